The summed E-state index contributed by atoms with van der Waals surface area (Å²) in [4.78, 5) is 38.1. The normalized spacial score (nSPS) is 13.2. The predicted octanol–water partition coefficient (Wildman–Crippen LogP) is 18.3. The molecule has 0 aliphatic rings. The van der Waals surface area contributed by atoms with Crippen molar-refractivity contribution in [3.8, 4) is 0 Å². The fraction of sp³-hybridized carbons (Fsp3) is 0.597. The van der Waals surface area contributed by atoms with Crippen LogP contribution in [0.2, 0.25) is 0 Å². The average Bonchev–Trinajstić information content (AvgIpc) is 3.34. The zero-order valence-electron chi connectivity index (χ0n) is 43.6. The Bertz CT molecular complexity index is 1500. The summed E-state index contributed by atoms with van der Waals surface area (Å²) in [6, 6.07) is 0. The van der Waals surface area contributed by atoms with Gasteiger partial charge < -0.3 is 14.2 Å². The van der Waals surface area contributed by atoms with Gasteiger partial charge >= 0.3 is 17.9 Å². The summed E-state index contributed by atoms with van der Waals surface area (Å²) in [5.74, 6) is -0.981. The van der Waals surface area contributed by atoms with Gasteiger partial charge in [0.05, 0.1) is 0 Å². The van der Waals surface area contributed by atoms with Gasteiger partial charge in [-0.2, -0.15) is 0 Å². The molecule has 0 aromatic rings. The van der Waals surface area contributed by atoms with E-state index in [0.29, 0.717) is 12.8 Å². The number of hydrogen-bond donors (Lipinski definition) is 0. The first-order valence-corrected chi connectivity index (χ1v) is 27.3. The molecule has 1 atom stereocenters. The molecule has 0 bridgehead atoms. The summed E-state index contributed by atoms with van der Waals surface area (Å²) in [5.41, 5.74) is 0. The fourth-order valence-corrected chi connectivity index (χ4v) is 6.97. The Morgan fingerprint density at radius 3 is 0.941 bits per heavy atom. The van der Waals surface area contributed by atoms with Gasteiger partial charge in [0.15, 0.2) is 6.10 Å². The predicted molar refractivity (Wildman–Crippen MR) is 292 cm³/mol. The van der Waals surface area contributed by atoms with Crippen LogP contribution in [0.1, 0.15) is 220 Å². The third-order valence-corrected chi connectivity index (χ3v) is 11.1. The molecule has 0 amide bonds. The zero-order chi connectivity index (χ0) is 49.3. The van der Waals surface area contributed by atoms with E-state index in [2.05, 4.69) is 87.6 Å². The fourth-order valence-electron chi connectivity index (χ4n) is 6.97. The van der Waals surface area contributed by atoms with Crippen molar-refractivity contribution >= 4 is 17.9 Å². The van der Waals surface area contributed by atoms with Crippen LogP contribution in [0.3, 0.4) is 0 Å². The van der Waals surface area contributed by atoms with E-state index in [0.717, 1.165) is 122 Å². The third kappa shape index (κ3) is 52.5. The number of carbonyl (C=O) groups excluding carboxylic acids is 3. The Balaban J connectivity index is 4.55. The standard InChI is InChI=1S/C62H98O6/c1-4-7-10-13-16-19-22-25-28-30-32-34-37-40-43-46-49-52-55-61(64)67-58-59(57-66-60(63)54-51-48-45-42-39-36-27-24-21-18-15-12-9-6-3)68-62(65)56-53-50-47-44-41-38-35-33-31-29-26-23-20-17-14-11-8-5-2/h10-11,13-14,16-17,19-20,22-23,25-26,28-36,39,59H,4-9,12,15,18,21,24,27,37-38,40-58H2,1-3H3/b13-10-,14-11-,19-16-,20-17-,25-22-,26-23-,30-28-,31-29-,34-32-,35-33-,39-36-. The highest BCUT2D eigenvalue weighted by atomic mass is 16.6. The van der Waals surface area contributed by atoms with Crippen LogP contribution in [0.4, 0.5) is 0 Å². The van der Waals surface area contributed by atoms with Gasteiger partial charge in [0.25, 0.3) is 0 Å². The Labute approximate surface area is 417 Å². The Hall–Kier alpha value is -4.45. The number of unbranched alkanes of at least 4 members (excludes halogenated alkanes) is 22. The maximum absolute atomic E-state index is 12.8. The van der Waals surface area contributed by atoms with Crippen LogP contribution in [-0.2, 0) is 28.6 Å². The van der Waals surface area contributed by atoms with Crippen molar-refractivity contribution in [2.45, 2.75) is 226 Å². The van der Waals surface area contributed by atoms with Crippen molar-refractivity contribution in [3.63, 3.8) is 0 Å². The minimum Gasteiger partial charge on any atom is -0.462 e. The molecule has 0 N–H and O–H groups in total. The Kier molecular flexibility index (Phi) is 51.5. The first-order chi connectivity index (χ1) is 33.5. The third-order valence-electron chi connectivity index (χ3n) is 11.1. The van der Waals surface area contributed by atoms with Gasteiger partial charge in [-0.05, 0) is 83.5 Å². The molecule has 0 spiro atoms. The Morgan fingerprint density at radius 1 is 0.294 bits per heavy atom. The summed E-state index contributed by atoms with van der Waals surface area (Å²) >= 11 is 0. The van der Waals surface area contributed by atoms with Gasteiger partial charge in [0.1, 0.15) is 13.2 Å². The van der Waals surface area contributed by atoms with E-state index in [1.807, 2.05) is 66.8 Å². The number of carbonyl (C=O) groups is 3. The molecule has 0 radical (unpaired) electrons. The van der Waals surface area contributed by atoms with E-state index in [-0.39, 0.29) is 37.5 Å². The van der Waals surface area contributed by atoms with Gasteiger partial charge in [-0.1, -0.05) is 251 Å². The second-order valence-electron chi connectivity index (χ2n) is 17.7. The molecule has 68 heavy (non-hydrogen) atoms. The number of esters is 3. The second kappa shape index (κ2) is 55.1. The van der Waals surface area contributed by atoms with Crippen molar-refractivity contribution in [2.24, 2.45) is 0 Å². The summed E-state index contributed by atoms with van der Waals surface area (Å²) < 4.78 is 16.8. The van der Waals surface area contributed by atoms with Gasteiger partial charge in [0, 0.05) is 19.3 Å². The molecule has 382 valence electrons. The molecule has 1 unspecified atom stereocenters. The number of allylic oxidation sites excluding steroid dienone is 22. The molecule has 0 aromatic carbocycles. The molecule has 0 aliphatic carbocycles. The van der Waals surface area contributed by atoms with Crippen LogP contribution >= 0.6 is 0 Å². The van der Waals surface area contributed by atoms with Crippen LogP contribution in [-0.4, -0.2) is 37.2 Å². The molecule has 0 saturated heterocycles. The monoisotopic (exact) mass is 939 g/mol. The molecule has 0 saturated carbocycles. The van der Waals surface area contributed by atoms with E-state index in [1.165, 1.54) is 57.8 Å². The number of hydrogen-bond acceptors (Lipinski definition) is 6. The molecule has 0 heterocycles. The molecule has 0 rings (SSSR count). The SMILES string of the molecule is CCC\C=C/C=C\C=C/C=C\C=C/CCCCCCCC(=O)OCC(COC(=O)CCCCC/C=C\CCCCCCCCC)OC(=O)CCCCCCC\C=C/C=C\C=C/C=C\C=C/CCC. The summed E-state index contributed by atoms with van der Waals surface area (Å²) in [7, 11) is 0. The van der Waals surface area contributed by atoms with Crippen LogP contribution in [0.25, 0.3) is 0 Å². The van der Waals surface area contributed by atoms with Crippen LogP contribution in [0, 0.1) is 0 Å². The zero-order valence-corrected chi connectivity index (χ0v) is 43.6. The quantitative estimate of drug-likeness (QED) is 0.0199. The highest BCUT2D eigenvalue weighted by Gasteiger charge is 2.19. The van der Waals surface area contributed by atoms with Gasteiger partial charge in [-0.15, -0.1) is 0 Å². The lowest BCUT2D eigenvalue weighted by atomic mass is 10.1. The van der Waals surface area contributed by atoms with Crippen molar-refractivity contribution in [3.05, 3.63) is 134 Å². The van der Waals surface area contributed by atoms with E-state index in [4.69, 9.17) is 14.2 Å². The van der Waals surface area contributed by atoms with Crippen molar-refractivity contribution in [1.82, 2.24) is 0 Å². The lowest BCUT2D eigenvalue weighted by Crippen LogP contribution is -2.30. The number of ether oxygens (including phenoxy) is 3. The first-order valence-electron chi connectivity index (χ1n) is 27.3. The van der Waals surface area contributed by atoms with E-state index >= 15 is 0 Å². The van der Waals surface area contributed by atoms with Crippen molar-refractivity contribution in [1.29, 1.82) is 0 Å². The molecular weight excluding hydrogens is 841 g/mol. The maximum Gasteiger partial charge on any atom is 0.306 e. The van der Waals surface area contributed by atoms with Crippen LogP contribution < -0.4 is 0 Å². The van der Waals surface area contributed by atoms with Gasteiger partial charge in [0.2, 0.25) is 0 Å². The topological polar surface area (TPSA) is 78.9 Å². The lowest BCUT2D eigenvalue weighted by molar-refractivity contribution is -0.167. The molecule has 0 fully saturated rings. The summed E-state index contributed by atoms with van der Waals surface area (Å²) in [6.45, 7) is 6.39. The van der Waals surface area contributed by atoms with E-state index < -0.39 is 6.10 Å². The minimum atomic E-state index is -0.814. The van der Waals surface area contributed by atoms with Crippen LogP contribution in [0.15, 0.2) is 134 Å². The van der Waals surface area contributed by atoms with Gasteiger partial charge in [-0.25, -0.2) is 0 Å². The second-order valence-corrected chi connectivity index (χ2v) is 17.7. The molecule has 6 heteroatoms. The lowest BCUT2D eigenvalue weighted by Gasteiger charge is -2.18. The Morgan fingerprint density at radius 2 is 0.574 bits per heavy atom. The largest absolute Gasteiger partial charge is 0.462 e. The van der Waals surface area contributed by atoms with E-state index in [1.54, 1.807) is 0 Å². The minimum absolute atomic E-state index is 0.110. The van der Waals surface area contributed by atoms with E-state index in [9.17, 15) is 14.4 Å². The summed E-state index contributed by atoms with van der Waals surface area (Å²) in [6.07, 6.45) is 77.0. The summed E-state index contributed by atoms with van der Waals surface area (Å²) in [5, 5.41) is 0. The average molecular weight is 939 g/mol. The molecule has 0 aliphatic heterocycles. The molecule has 6 nitrogen and oxygen atoms in total. The van der Waals surface area contributed by atoms with Crippen molar-refractivity contribution in [2.75, 3.05) is 13.2 Å². The number of rotatable bonds is 47. The highest BCUT2D eigenvalue weighted by molar-refractivity contribution is 5.71. The van der Waals surface area contributed by atoms with Gasteiger partial charge in [-0.3, -0.25) is 14.4 Å². The van der Waals surface area contributed by atoms with Crippen molar-refractivity contribution < 1.29 is 28.6 Å². The van der Waals surface area contributed by atoms with Crippen LogP contribution in [0.5, 0.6) is 0 Å². The maximum atomic E-state index is 12.8. The molecule has 0 aromatic heterocycles. The first kappa shape index (κ1) is 63.5. The molecular formula is C62H98O6. The smallest absolute Gasteiger partial charge is 0.306 e. The highest BCUT2D eigenvalue weighted by Crippen LogP contribution is 2.13.